The lowest BCUT2D eigenvalue weighted by atomic mass is 10.2. The van der Waals surface area contributed by atoms with Crippen molar-refractivity contribution in [3.63, 3.8) is 0 Å². The topological polar surface area (TPSA) is 69.6 Å². The van der Waals surface area contributed by atoms with Crippen molar-refractivity contribution in [2.24, 2.45) is 0 Å². The van der Waals surface area contributed by atoms with Crippen LogP contribution < -0.4 is 4.72 Å². The number of rotatable bonds is 8. The van der Waals surface area contributed by atoms with Gasteiger partial charge in [0, 0.05) is 11.0 Å². The van der Waals surface area contributed by atoms with Crippen molar-refractivity contribution in [1.82, 2.24) is 9.62 Å². The molecule has 0 amide bonds. The summed E-state index contributed by atoms with van der Waals surface area (Å²) in [6.45, 7) is 1.16. The van der Waals surface area contributed by atoms with Gasteiger partial charge in [-0.25, -0.2) is 13.1 Å². The van der Waals surface area contributed by atoms with Gasteiger partial charge in [0.25, 0.3) is 0 Å². The molecule has 0 aliphatic heterocycles. The van der Waals surface area contributed by atoms with Gasteiger partial charge >= 0.3 is 0 Å². The molecule has 114 valence electrons. The fourth-order valence-corrected chi connectivity index (χ4v) is 3.78. The van der Waals surface area contributed by atoms with Crippen LogP contribution in [-0.2, 0) is 16.6 Å². The molecule has 20 heavy (non-hydrogen) atoms. The van der Waals surface area contributed by atoms with Crippen LogP contribution >= 0.6 is 15.9 Å². The Morgan fingerprint density at radius 2 is 2.00 bits per heavy atom. The number of nitrogens with one attached hydrogen (secondary N) is 1. The summed E-state index contributed by atoms with van der Waals surface area (Å²) in [5.74, 6) is 0. The van der Waals surface area contributed by atoms with Crippen molar-refractivity contribution in [2.45, 2.75) is 24.3 Å². The summed E-state index contributed by atoms with van der Waals surface area (Å²) in [6, 6.07) is 4.79. The Balaban J connectivity index is 2.64. The van der Waals surface area contributed by atoms with Crippen LogP contribution in [0.15, 0.2) is 27.6 Å². The number of hydrogen-bond acceptors (Lipinski definition) is 4. The van der Waals surface area contributed by atoms with E-state index >= 15 is 0 Å². The molecule has 0 aliphatic rings. The van der Waals surface area contributed by atoms with E-state index in [1.54, 1.807) is 12.1 Å². The molecule has 0 atom stereocenters. The van der Waals surface area contributed by atoms with Crippen molar-refractivity contribution >= 4 is 26.0 Å². The van der Waals surface area contributed by atoms with Gasteiger partial charge in [0.15, 0.2) is 0 Å². The summed E-state index contributed by atoms with van der Waals surface area (Å²) in [4.78, 5) is 2.23. The second kappa shape index (κ2) is 8.09. The lowest BCUT2D eigenvalue weighted by Crippen LogP contribution is -2.26. The lowest BCUT2D eigenvalue weighted by Gasteiger charge is -2.11. The van der Waals surface area contributed by atoms with Crippen molar-refractivity contribution < 1.29 is 13.5 Å². The van der Waals surface area contributed by atoms with E-state index in [9.17, 15) is 8.42 Å². The predicted octanol–water partition coefficient (Wildman–Crippen LogP) is 1.56. The summed E-state index contributed by atoms with van der Waals surface area (Å²) in [7, 11) is 0.430. The molecule has 0 saturated carbocycles. The molecule has 0 heterocycles. The van der Waals surface area contributed by atoms with E-state index in [2.05, 4.69) is 25.6 Å². The van der Waals surface area contributed by atoms with Gasteiger partial charge in [-0.3, -0.25) is 0 Å². The molecule has 0 fully saturated rings. The number of hydrogen-bond donors (Lipinski definition) is 2. The molecular weight excluding hydrogens is 344 g/mol. The summed E-state index contributed by atoms with van der Waals surface area (Å²) < 4.78 is 27.4. The molecule has 0 bridgehead atoms. The monoisotopic (exact) mass is 364 g/mol. The standard InChI is InChI=1S/C13H21BrN2O3S/c1-16(2)8-4-3-7-15-20(18,19)13-9-11(10-17)5-6-12(13)14/h5-6,9,15,17H,3-4,7-8,10H2,1-2H3. The zero-order valence-corrected chi connectivity index (χ0v) is 14.2. The SMILES string of the molecule is CN(C)CCCCNS(=O)(=O)c1cc(CO)ccc1Br. The summed E-state index contributed by atoms with van der Waals surface area (Å²) >= 11 is 3.23. The van der Waals surface area contributed by atoms with Crippen LogP contribution in [0.25, 0.3) is 0 Å². The van der Waals surface area contributed by atoms with Gasteiger partial charge in [-0.1, -0.05) is 6.07 Å². The van der Waals surface area contributed by atoms with E-state index in [-0.39, 0.29) is 11.5 Å². The summed E-state index contributed by atoms with van der Waals surface area (Å²) in [6.07, 6.45) is 1.72. The molecule has 0 aliphatic carbocycles. The average molecular weight is 365 g/mol. The van der Waals surface area contributed by atoms with Gasteiger partial charge in [0.1, 0.15) is 0 Å². The third-order valence-electron chi connectivity index (χ3n) is 2.79. The fourth-order valence-electron chi connectivity index (χ4n) is 1.69. The van der Waals surface area contributed by atoms with Gasteiger partial charge in [-0.05, 0) is 67.1 Å². The lowest BCUT2D eigenvalue weighted by molar-refractivity contribution is 0.281. The molecule has 7 heteroatoms. The van der Waals surface area contributed by atoms with Crippen molar-refractivity contribution in [3.05, 3.63) is 28.2 Å². The second-order valence-corrected chi connectivity index (χ2v) is 7.42. The minimum atomic E-state index is -3.55. The number of aliphatic hydroxyl groups is 1. The van der Waals surface area contributed by atoms with E-state index in [0.717, 1.165) is 19.4 Å². The zero-order chi connectivity index (χ0) is 15.2. The average Bonchev–Trinajstić information content (AvgIpc) is 2.38. The van der Waals surface area contributed by atoms with Crippen LogP contribution in [0.1, 0.15) is 18.4 Å². The quantitative estimate of drug-likeness (QED) is 0.686. The Kier molecular flexibility index (Phi) is 7.11. The minimum Gasteiger partial charge on any atom is -0.392 e. The number of halogens is 1. The van der Waals surface area contributed by atoms with E-state index in [1.807, 2.05) is 14.1 Å². The van der Waals surface area contributed by atoms with E-state index in [4.69, 9.17) is 5.11 Å². The highest BCUT2D eigenvalue weighted by Crippen LogP contribution is 2.23. The Morgan fingerprint density at radius 3 is 2.60 bits per heavy atom. The highest BCUT2D eigenvalue weighted by molar-refractivity contribution is 9.10. The maximum absolute atomic E-state index is 12.2. The number of nitrogens with zero attached hydrogens (tertiary/aromatic N) is 1. The molecule has 0 unspecified atom stereocenters. The molecule has 1 aromatic carbocycles. The molecular formula is C13H21BrN2O3S. The Morgan fingerprint density at radius 1 is 1.30 bits per heavy atom. The number of benzene rings is 1. The van der Waals surface area contributed by atoms with Crippen molar-refractivity contribution in [1.29, 1.82) is 0 Å². The maximum atomic E-state index is 12.2. The van der Waals surface area contributed by atoms with Crippen LogP contribution in [0, 0.1) is 0 Å². The smallest absolute Gasteiger partial charge is 0.241 e. The van der Waals surface area contributed by atoms with Crippen LogP contribution in [0.5, 0.6) is 0 Å². The van der Waals surface area contributed by atoms with Gasteiger partial charge < -0.3 is 10.0 Å². The third kappa shape index (κ3) is 5.49. The molecule has 1 rings (SSSR count). The predicted molar refractivity (Wildman–Crippen MR) is 83.0 cm³/mol. The summed E-state index contributed by atoms with van der Waals surface area (Å²) in [5.41, 5.74) is 0.571. The van der Waals surface area contributed by atoms with Gasteiger partial charge in [0.2, 0.25) is 10.0 Å². The Labute approximate surface area is 129 Å². The first kappa shape index (κ1) is 17.6. The van der Waals surface area contributed by atoms with Crippen LogP contribution in [0.2, 0.25) is 0 Å². The minimum absolute atomic E-state index is 0.164. The first-order valence-electron chi connectivity index (χ1n) is 6.40. The van der Waals surface area contributed by atoms with Gasteiger partial charge in [-0.15, -0.1) is 0 Å². The van der Waals surface area contributed by atoms with E-state index < -0.39 is 10.0 Å². The zero-order valence-electron chi connectivity index (χ0n) is 11.8. The van der Waals surface area contributed by atoms with Crippen LogP contribution in [0.3, 0.4) is 0 Å². The highest BCUT2D eigenvalue weighted by atomic mass is 79.9. The number of sulfonamides is 1. The molecule has 0 aromatic heterocycles. The van der Waals surface area contributed by atoms with Gasteiger partial charge in [0.05, 0.1) is 11.5 Å². The highest BCUT2D eigenvalue weighted by Gasteiger charge is 2.17. The van der Waals surface area contributed by atoms with Gasteiger partial charge in [-0.2, -0.15) is 0 Å². The second-order valence-electron chi connectivity index (χ2n) is 4.83. The molecule has 0 radical (unpaired) electrons. The van der Waals surface area contributed by atoms with Crippen molar-refractivity contribution in [2.75, 3.05) is 27.2 Å². The van der Waals surface area contributed by atoms with Crippen LogP contribution in [0.4, 0.5) is 0 Å². The van der Waals surface area contributed by atoms with E-state index in [0.29, 0.717) is 16.6 Å². The molecule has 1 aromatic rings. The molecule has 0 spiro atoms. The molecule has 2 N–H and O–H groups in total. The maximum Gasteiger partial charge on any atom is 0.241 e. The number of unbranched alkanes of at least 4 members (excludes halogenated alkanes) is 1. The Hall–Kier alpha value is -0.470. The van der Waals surface area contributed by atoms with Crippen LogP contribution in [-0.4, -0.2) is 45.6 Å². The Bertz CT molecular complexity index is 532. The first-order valence-corrected chi connectivity index (χ1v) is 8.68. The fraction of sp³-hybridized carbons (Fsp3) is 0.538. The largest absolute Gasteiger partial charge is 0.392 e. The first-order chi connectivity index (χ1) is 9.36. The molecule has 5 nitrogen and oxygen atoms in total. The van der Waals surface area contributed by atoms with Crippen molar-refractivity contribution in [3.8, 4) is 0 Å². The third-order valence-corrected chi connectivity index (χ3v) is 5.25. The number of aliphatic hydroxyl groups excluding tert-OH is 1. The molecule has 0 saturated heterocycles. The van der Waals surface area contributed by atoms with E-state index in [1.165, 1.54) is 6.07 Å². The normalized spacial score (nSPS) is 12.1. The summed E-state index contributed by atoms with van der Waals surface area (Å²) in [5, 5.41) is 9.08.